The van der Waals surface area contributed by atoms with Crippen molar-refractivity contribution in [3.05, 3.63) is 163 Å². The third-order valence-corrected chi connectivity index (χ3v) is 8.54. The zero-order valence-corrected chi connectivity index (χ0v) is 24.4. The standard InChI is InChI=1S/C41H28N4/c42-27-28-11-19-34(20-12-28)44(32-7-3-1-4-8-32)38-25-15-29-14-24-37-39(26-16-30-13-23-36(38)40(29)41(30)37)45(33-9-5-2-6-10-33)35-21-17-31(43)18-22-35/h1-26H,43H2. The number of hydrogen-bond acceptors (Lipinski definition) is 4. The predicted molar refractivity (Wildman–Crippen MR) is 189 cm³/mol. The third-order valence-electron chi connectivity index (χ3n) is 8.54. The lowest BCUT2D eigenvalue weighted by Gasteiger charge is -2.29. The fourth-order valence-corrected chi connectivity index (χ4v) is 6.48. The van der Waals surface area contributed by atoms with Gasteiger partial charge in [-0.05, 0) is 106 Å². The first-order valence-corrected chi connectivity index (χ1v) is 15.0. The van der Waals surface area contributed by atoms with Crippen molar-refractivity contribution in [2.45, 2.75) is 0 Å². The average Bonchev–Trinajstić information content (AvgIpc) is 3.10. The fraction of sp³-hybridized carbons (Fsp3) is 0. The number of rotatable bonds is 6. The van der Waals surface area contributed by atoms with Crippen LogP contribution in [0.3, 0.4) is 0 Å². The summed E-state index contributed by atoms with van der Waals surface area (Å²) in [6.07, 6.45) is 0. The van der Waals surface area contributed by atoms with Crippen LogP contribution < -0.4 is 15.5 Å². The Kier molecular flexibility index (Phi) is 6.29. The van der Waals surface area contributed by atoms with Gasteiger partial charge < -0.3 is 15.5 Å². The minimum Gasteiger partial charge on any atom is -0.399 e. The van der Waals surface area contributed by atoms with Crippen LogP contribution in [0.1, 0.15) is 5.56 Å². The van der Waals surface area contributed by atoms with Gasteiger partial charge in [0.15, 0.2) is 0 Å². The highest BCUT2D eigenvalue weighted by Gasteiger charge is 2.21. The largest absolute Gasteiger partial charge is 0.399 e. The van der Waals surface area contributed by atoms with E-state index in [1.54, 1.807) is 0 Å². The molecule has 0 saturated carbocycles. The van der Waals surface area contributed by atoms with Crippen molar-refractivity contribution in [3.63, 3.8) is 0 Å². The Morgan fingerprint density at radius 2 is 0.822 bits per heavy atom. The molecule has 8 rings (SSSR count). The van der Waals surface area contributed by atoms with Crippen molar-refractivity contribution in [2.75, 3.05) is 15.5 Å². The van der Waals surface area contributed by atoms with E-state index in [0.29, 0.717) is 5.56 Å². The number of nitriles is 1. The molecule has 4 nitrogen and oxygen atoms in total. The van der Waals surface area contributed by atoms with Crippen LogP contribution in [0.5, 0.6) is 0 Å². The monoisotopic (exact) mass is 576 g/mol. The van der Waals surface area contributed by atoms with Gasteiger partial charge in [-0.3, -0.25) is 0 Å². The number of benzene rings is 8. The van der Waals surface area contributed by atoms with Gasteiger partial charge in [-0.25, -0.2) is 0 Å². The van der Waals surface area contributed by atoms with E-state index in [1.807, 2.05) is 48.5 Å². The second kappa shape index (κ2) is 10.8. The molecule has 0 aliphatic rings. The molecule has 0 spiro atoms. The maximum absolute atomic E-state index is 9.45. The first-order valence-electron chi connectivity index (χ1n) is 15.0. The lowest BCUT2D eigenvalue weighted by atomic mass is 9.91. The zero-order valence-electron chi connectivity index (χ0n) is 24.4. The Labute approximate surface area is 261 Å². The number of nitrogens with two attached hydrogens (primary N) is 1. The van der Waals surface area contributed by atoms with Crippen LogP contribution in [-0.4, -0.2) is 0 Å². The summed E-state index contributed by atoms with van der Waals surface area (Å²) in [5.41, 5.74) is 13.8. The highest BCUT2D eigenvalue weighted by atomic mass is 15.1. The van der Waals surface area contributed by atoms with Gasteiger partial charge in [-0.15, -0.1) is 0 Å². The van der Waals surface area contributed by atoms with Gasteiger partial charge in [-0.1, -0.05) is 72.8 Å². The second-order valence-corrected chi connectivity index (χ2v) is 11.2. The van der Waals surface area contributed by atoms with Crippen molar-refractivity contribution >= 4 is 72.1 Å². The van der Waals surface area contributed by atoms with E-state index >= 15 is 0 Å². The SMILES string of the molecule is N#Cc1ccc(N(c2ccccc2)c2ccc3ccc4c(N(c5ccccc5)c5ccc(N)cc5)ccc5ccc2c3c54)cc1. The molecule has 0 bridgehead atoms. The molecule has 2 N–H and O–H groups in total. The summed E-state index contributed by atoms with van der Waals surface area (Å²) < 4.78 is 0. The van der Waals surface area contributed by atoms with Gasteiger partial charge in [0.25, 0.3) is 0 Å². The Bertz CT molecular complexity index is 2320. The molecule has 0 fully saturated rings. The summed E-state index contributed by atoms with van der Waals surface area (Å²) in [4.78, 5) is 4.58. The molecule has 0 aromatic heterocycles. The highest BCUT2D eigenvalue weighted by Crippen LogP contribution is 2.47. The first kappa shape index (κ1) is 26.3. The third kappa shape index (κ3) is 4.47. The van der Waals surface area contributed by atoms with Crippen LogP contribution in [-0.2, 0) is 0 Å². The van der Waals surface area contributed by atoms with Gasteiger partial charge >= 0.3 is 0 Å². The quantitative estimate of drug-likeness (QED) is 0.158. The Morgan fingerprint density at radius 3 is 1.27 bits per heavy atom. The number of para-hydroxylation sites is 2. The van der Waals surface area contributed by atoms with Crippen LogP contribution in [0.4, 0.5) is 39.8 Å². The summed E-state index contributed by atoms with van der Waals surface area (Å²) in [7, 11) is 0. The molecular formula is C41H28N4. The summed E-state index contributed by atoms with van der Waals surface area (Å²) in [5, 5.41) is 16.6. The summed E-state index contributed by atoms with van der Waals surface area (Å²) >= 11 is 0. The minimum atomic E-state index is 0.638. The summed E-state index contributed by atoms with van der Waals surface area (Å²) in [5.74, 6) is 0. The van der Waals surface area contributed by atoms with E-state index in [0.717, 1.165) is 45.2 Å². The van der Waals surface area contributed by atoms with Crippen LogP contribution in [0.2, 0.25) is 0 Å². The normalized spacial score (nSPS) is 11.2. The highest BCUT2D eigenvalue weighted by molar-refractivity contribution is 6.28. The lowest BCUT2D eigenvalue weighted by molar-refractivity contribution is 1.29. The lowest BCUT2D eigenvalue weighted by Crippen LogP contribution is -2.11. The van der Waals surface area contributed by atoms with Gasteiger partial charge in [0.1, 0.15) is 0 Å². The van der Waals surface area contributed by atoms with Crippen LogP contribution in [0, 0.1) is 11.3 Å². The molecule has 0 aliphatic carbocycles. The molecule has 0 saturated heterocycles. The number of nitrogens with zero attached hydrogens (tertiary/aromatic N) is 3. The van der Waals surface area contributed by atoms with E-state index in [1.165, 1.54) is 26.9 Å². The van der Waals surface area contributed by atoms with Crippen LogP contribution >= 0.6 is 0 Å². The molecule has 45 heavy (non-hydrogen) atoms. The molecule has 0 unspecified atom stereocenters. The van der Waals surface area contributed by atoms with Crippen LogP contribution in [0.15, 0.2) is 158 Å². The molecule has 4 heteroatoms. The smallest absolute Gasteiger partial charge is 0.0991 e. The Morgan fingerprint density at radius 1 is 0.422 bits per heavy atom. The molecule has 0 amide bonds. The second-order valence-electron chi connectivity index (χ2n) is 11.2. The van der Waals surface area contributed by atoms with Crippen molar-refractivity contribution < 1.29 is 0 Å². The maximum atomic E-state index is 9.45. The molecule has 8 aromatic carbocycles. The zero-order chi connectivity index (χ0) is 30.3. The minimum absolute atomic E-state index is 0.638. The predicted octanol–water partition coefficient (Wildman–Crippen LogP) is 11.0. The van der Waals surface area contributed by atoms with E-state index in [4.69, 9.17) is 5.73 Å². The molecule has 0 aliphatic heterocycles. The van der Waals surface area contributed by atoms with Gasteiger partial charge in [-0.2, -0.15) is 5.26 Å². The van der Waals surface area contributed by atoms with Crippen molar-refractivity contribution in [1.82, 2.24) is 0 Å². The van der Waals surface area contributed by atoms with E-state index in [2.05, 4.69) is 125 Å². The van der Waals surface area contributed by atoms with E-state index in [9.17, 15) is 5.26 Å². The molecular weight excluding hydrogens is 548 g/mol. The summed E-state index contributed by atoms with van der Waals surface area (Å²) in [6, 6.07) is 56.8. The van der Waals surface area contributed by atoms with Crippen molar-refractivity contribution in [1.29, 1.82) is 5.26 Å². The maximum Gasteiger partial charge on any atom is 0.0991 e. The van der Waals surface area contributed by atoms with Crippen LogP contribution in [0.25, 0.3) is 32.3 Å². The number of nitrogen functional groups attached to an aromatic ring is 1. The molecule has 0 radical (unpaired) electrons. The average molecular weight is 577 g/mol. The fourth-order valence-electron chi connectivity index (χ4n) is 6.48. The van der Waals surface area contributed by atoms with Gasteiger partial charge in [0, 0.05) is 39.2 Å². The first-order chi connectivity index (χ1) is 22.2. The van der Waals surface area contributed by atoms with Crippen molar-refractivity contribution in [3.8, 4) is 6.07 Å². The topological polar surface area (TPSA) is 56.3 Å². The molecule has 0 atom stereocenters. The van der Waals surface area contributed by atoms with Gasteiger partial charge in [0.2, 0.25) is 0 Å². The van der Waals surface area contributed by atoms with Gasteiger partial charge in [0.05, 0.1) is 23.0 Å². The molecule has 8 aromatic rings. The Balaban J connectivity index is 1.40. The molecule has 212 valence electrons. The Hall–Kier alpha value is -6.31. The number of anilines is 7. The molecule has 0 heterocycles. The van der Waals surface area contributed by atoms with E-state index in [-0.39, 0.29) is 0 Å². The number of hydrogen-bond donors (Lipinski definition) is 1. The van der Waals surface area contributed by atoms with E-state index < -0.39 is 0 Å². The summed E-state index contributed by atoms with van der Waals surface area (Å²) in [6.45, 7) is 0. The van der Waals surface area contributed by atoms with Crippen molar-refractivity contribution in [2.24, 2.45) is 0 Å².